The maximum Gasteiger partial charge on any atom is 0.337 e. The van der Waals surface area contributed by atoms with Gasteiger partial charge in [0, 0.05) is 25.5 Å². The van der Waals surface area contributed by atoms with E-state index in [2.05, 4.69) is 10.4 Å². The number of anilines is 1. The van der Waals surface area contributed by atoms with E-state index in [4.69, 9.17) is 5.11 Å². The van der Waals surface area contributed by atoms with Crippen molar-refractivity contribution in [2.24, 2.45) is 7.05 Å². The first-order valence-electron chi connectivity index (χ1n) is 5.70. The highest BCUT2D eigenvalue weighted by atomic mass is 16.4. The van der Waals surface area contributed by atoms with Crippen molar-refractivity contribution in [1.29, 1.82) is 0 Å². The van der Waals surface area contributed by atoms with Crippen LogP contribution in [0, 0.1) is 0 Å². The van der Waals surface area contributed by atoms with Crippen LogP contribution in [-0.4, -0.2) is 27.4 Å². The molecule has 94 valence electrons. The molecule has 2 rings (SSSR count). The lowest BCUT2D eigenvalue weighted by atomic mass is 10.1. The van der Waals surface area contributed by atoms with E-state index in [1.165, 1.54) is 0 Å². The molecular weight excluding hydrogens is 230 g/mol. The van der Waals surface area contributed by atoms with E-state index >= 15 is 0 Å². The number of nitrogens with zero attached hydrogens (tertiary/aromatic N) is 2. The number of carboxylic acid groups (broad SMARTS) is 1. The molecule has 0 spiro atoms. The van der Waals surface area contributed by atoms with Gasteiger partial charge < -0.3 is 10.4 Å². The summed E-state index contributed by atoms with van der Waals surface area (Å²) in [4.78, 5) is 11.0. The van der Waals surface area contributed by atoms with Crippen LogP contribution >= 0.6 is 0 Å². The first-order valence-corrected chi connectivity index (χ1v) is 5.70. The number of nitrogens with one attached hydrogen (secondary N) is 1. The number of rotatable bonds is 5. The third-order valence-corrected chi connectivity index (χ3v) is 2.64. The van der Waals surface area contributed by atoms with Gasteiger partial charge in [-0.3, -0.25) is 4.68 Å². The number of para-hydroxylation sites is 1. The highest BCUT2D eigenvalue weighted by molar-refractivity contribution is 5.94. The molecule has 1 heterocycles. The fraction of sp³-hybridized carbons (Fsp3) is 0.231. The van der Waals surface area contributed by atoms with Gasteiger partial charge in [-0.1, -0.05) is 12.1 Å². The third kappa shape index (κ3) is 2.88. The molecule has 0 aliphatic rings. The summed E-state index contributed by atoms with van der Waals surface area (Å²) in [5.74, 6) is -0.917. The van der Waals surface area contributed by atoms with Gasteiger partial charge in [-0.15, -0.1) is 0 Å². The molecule has 0 aliphatic carbocycles. The molecule has 0 amide bonds. The predicted molar refractivity (Wildman–Crippen MR) is 68.8 cm³/mol. The molecule has 0 saturated carbocycles. The molecule has 5 heteroatoms. The molecule has 0 unspecified atom stereocenters. The summed E-state index contributed by atoms with van der Waals surface area (Å²) < 4.78 is 1.75. The zero-order valence-corrected chi connectivity index (χ0v) is 10.1. The van der Waals surface area contributed by atoms with Crippen molar-refractivity contribution in [1.82, 2.24) is 9.78 Å². The van der Waals surface area contributed by atoms with E-state index in [1.54, 1.807) is 22.9 Å². The largest absolute Gasteiger partial charge is 0.478 e. The quantitative estimate of drug-likeness (QED) is 0.842. The van der Waals surface area contributed by atoms with Gasteiger partial charge in [0.05, 0.1) is 11.8 Å². The maximum absolute atomic E-state index is 11.0. The van der Waals surface area contributed by atoms with E-state index in [0.717, 1.165) is 12.0 Å². The van der Waals surface area contributed by atoms with Crippen LogP contribution in [0.3, 0.4) is 0 Å². The van der Waals surface area contributed by atoms with Crippen LogP contribution in [0.1, 0.15) is 15.9 Å². The highest BCUT2D eigenvalue weighted by Crippen LogP contribution is 2.14. The van der Waals surface area contributed by atoms with Gasteiger partial charge in [-0.25, -0.2) is 4.79 Å². The van der Waals surface area contributed by atoms with Crippen LogP contribution in [0.15, 0.2) is 36.7 Å². The number of hydrogen-bond donors (Lipinski definition) is 2. The van der Waals surface area contributed by atoms with Crippen molar-refractivity contribution in [2.45, 2.75) is 6.42 Å². The highest BCUT2D eigenvalue weighted by Gasteiger charge is 2.08. The summed E-state index contributed by atoms with van der Waals surface area (Å²) >= 11 is 0. The number of aromatic carboxylic acids is 1. The molecule has 1 aromatic carbocycles. The van der Waals surface area contributed by atoms with Crippen LogP contribution in [0.5, 0.6) is 0 Å². The summed E-state index contributed by atoms with van der Waals surface area (Å²) in [6.45, 7) is 0.677. The minimum Gasteiger partial charge on any atom is -0.478 e. The maximum atomic E-state index is 11.0. The molecule has 0 aliphatic heterocycles. The van der Waals surface area contributed by atoms with Crippen molar-refractivity contribution in [3.8, 4) is 0 Å². The molecule has 0 bridgehead atoms. The Kier molecular flexibility index (Phi) is 3.62. The van der Waals surface area contributed by atoms with Crippen molar-refractivity contribution >= 4 is 11.7 Å². The lowest BCUT2D eigenvalue weighted by Gasteiger charge is -2.08. The Labute approximate surface area is 105 Å². The summed E-state index contributed by atoms with van der Waals surface area (Å²) in [5.41, 5.74) is 2.07. The van der Waals surface area contributed by atoms with Crippen LogP contribution < -0.4 is 5.32 Å². The van der Waals surface area contributed by atoms with Gasteiger partial charge >= 0.3 is 5.97 Å². The summed E-state index contributed by atoms with van der Waals surface area (Å²) in [5, 5.41) is 16.2. The zero-order valence-electron chi connectivity index (χ0n) is 10.1. The standard InChI is InChI=1S/C13H15N3O2/c1-16-9-10(8-15-16)6-7-14-12-5-3-2-4-11(12)13(17)18/h2-5,8-9,14H,6-7H2,1H3,(H,17,18). The Morgan fingerprint density at radius 3 is 2.89 bits per heavy atom. The normalized spacial score (nSPS) is 10.3. The lowest BCUT2D eigenvalue weighted by molar-refractivity contribution is 0.0698. The number of aromatic nitrogens is 2. The average Bonchev–Trinajstić information content (AvgIpc) is 2.75. The minimum absolute atomic E-state index is 0.295. The molecule has 0 saturated heterocycles. The Balaban J connectivity index is 1.96. The SMILES string of the molecule is Cn1cc(CCNc2ccccc2C(=O)O)cn1. The Hall–Kier alpha value is -2.30. The zero-order chi connectivity index (χ0) is 13.0. The smallest absolute Gasteiger partial charge is 0.337 e. The Morgan fingerprint density at radius 2 is 2.22 bits per heavy atom. The average molecular weight is 245 g/mol. The van der Waals surface area contributed by atoms with E-state index in [1.807, 2.05) is 25.5 Å². The van der Waals surface area contributed by atoms with E-state index in [9.17, 15) is 4.79 Å². The fourth-order valence-corrected chi connectivity index (χ4v) is 1.77. The number of aryl methyl sites for hydroxylation is 1. The first kappa shape index (κ1) is 12.2. The monoisotopic (exact) mass is 245 g/mol. The fourth-order valence-electron chi connectivity index (χ4n) is 1.77. The molecule has 0 atom stereocenters. The van der Waals surface area contributed by atoms with Gasteiger partial charge in [-0.2, -0.15) is 5.10 Å². The number of carbonyl (C=O) groups is 1. The molecule has 0 fully saturated rings. The van der Waals surface area contributed by atoms with Crippen molar-refractivity contribution < 1.29 is 9.90 Å². The predicted octanol–water partition coefficient (Wildman–Crippen LogP) is 1.77. The molecule has 0 radical (unpaired) electrons. The van der Waals surface area contributed by atoms with Crippen molar-refractivity contribution in [3.05, 3.63) is 47.8 Å². The van der Waals surface area contributed by atoms with Gasteiger partial charge in [0.1, 0.15) is 0 Å². The molecular formula is C13H15N3O2. The van der Waals surface area contributed by atoms with Crippen LogP contribution in [0.25, 0.3) is 0 Å². The topological polar surface area (TPSA) is 67.2 Å². The Morgan fingerprint density at radius 1 is 1.44 bits per heavy atom. The molecule has 18 heavy (non-hydrogen) atoms. The number of benzene rings is 1. The number of carboxylic acids is 1. The van der Waals surface area contributed by atoms with E-state index in [-0.39, 0.29) is 0 Å². The van der Waals surface area contributed by atoms with Gasteiger partial charge in [0.2, 0.25) is 0 Å². The van der Waals surface area contributed by atoms with Crippen molar-refractivity contribution in [3.63, 3.8) is 0 Å². The lowest BCUT2D eigenvalue weighted by Crippen LogP contribution is -2.09. The van der Waals surface area contributed by atoms with Crippen LogP contribution in [0.4, 0.5) is 5.69 Å². The van der Waals surface area contributed by atoms with E-state index < -0.39 is 5.97 Å². The van der Waals surface area contributed by atoms with Crippen LogP contribution in [-0.2, 0) is 13.5 Å². The molecule has 2 aromatic rings. The van der Waals surface area contributed by atoms with Gasteiger partial charge in [0.25, 0.3) is 0 Å². The molecule has 2 N–H and O–H groups in total. The second-order valence-electron chi connectivity index (χ2n) is 4.05. The minimum atomic E-state index is -0.917. The Bertz CT molecular complexity index is 549. The second kappa shape index (κ2) is 5.35. The van der Waals surface area contributed by atoms with Crippen molar-refractivity contribution in [2.75, 3.05) is 11.9 Å². The van der Waals surface area contributed by atoms with E-state index in [0.29, 0.717) is 17.8 Å². The van der Waals surface area contributed by atoms with Gasteiger partial charge in [-0.05, 0) is 24.1 Å². The third-order valence-electron chi connectivity index (χ3n) is 2.64. The van der Waals surface area contributed by atoms with Gasteiger partial charge in [0.15, 0.2) is 0 Å². The number of hydrogen-bond acceptors (Lipinski definition) is 3. The summed E-state index contributed by atoms with van der Waals surface area (Å²) in [7, 11) is 1.87. The first-order chi connectivity index (χ1) is 8.66. The summed E-state index contributed by atoms with van der Waals surface area (Å²) in [6, 6.07) is 6.90. The summed E-state index contributed by atoms with van der Waals surface area (Å²) in [6.07, 6.45) is 4.57. The van der Waals surface area contributed by atoms with Crippen LogP contribution in [0.2, 0.25) is 0 Å². The molecule has 5 nitrogen and oxygen atoms in total. The molecule has 1 aromatic heterocycles. The second-order valence-corrected chi connectivity index (χ2v) is 4.05.